The molecule has 0 fully saturated rings. The molecule has 1 aromatic heterocycles. The lowest BCUT2D eigenvalue weighted by molar-refractivity contribution is 0.397. The van der Waals surface area contributed by atoms with Gasteiger partial charge in [0.1, 0.15) is 0 Å². The van der Waals surface area contributed by atoms with Gasteiger partial charge in [-0.1, -0.05) is 13.0 Å². The average Bonchev–Trinajstić information content (AvgIpc) is 2.29. The van der Waals surface area contributed by atoms with E-state index < -0.39 is 0 Å². The van der Waals surface area contributed by atoms with Gasteiger partial charge in [-0.05, 0) is 11.8 Å². The molecule has 1 rings (SSSR count). The van der Waals surface area contributed by atoms with Gasteiger partial charge in [-0.2, -0.15) is 11.8 Å². The lowest BCUT2D eigenvalue weighted by Gasteiger charge is -1.98. The lowest BCUT2D eigenvalue weighted by atomic mass is 10.4. The number of hydrogen-bond donors (Lipinski definition) is 0. The highest BCUT2D eigenvalue weighted by Gasteiger charge is 1.93. The minimum atomic E-state index is 0.627. The first kappa shape index (κ1) is 12.0. The van der Waals surface area contributed by atoms with Crippen molar-refractivity contribution in [2.75, 3.05) is 25.2 Å². The Morgan fingerprint density at radius 1 is 1.53 bits per heavy atom. The van der Waals surface area contributed by atoms with E-state index in [0.29, 0.717) is 5.88 Å². The maximum atomic E-state index is 5.02. The maximum Gasteiger partial charge on any atom is 0.213 e. The molecule has 0 aliphatic carbocycles. The molecule has 0 amide bonds. The van der Waals surface area contributed by atoms with Crippen molar-refractivity contribution in [2.24, 2.45) is 4.99 Å². The molecule has 0 radical (unpaired) electrons. The van der Waals surface area contributed by atoms with Gasteiger partial charge in [0.05, 0.1) is 12.8 Å². The molecule has 0 bridgehead atoms. The van der Waals surface area contributed by atoms with Crippen LogP contribution in [0.3, 0.4) is 0 Å². The molecule has 4 heteroatoms. The number of methoxy groups -OCH3 is 1. The van der Waals surface area contributed by atoms with E-state index in [1.807, 2.05) is 30.0 Å². The molecule has 0 saturated heterocycles. The Bertz CT molecular complexity index is 315. The number of aliphatic imine (C=N–C) groups is 1. The van der Waals surface area contributed by atoms with Crippen LogP contribution in [0.2, 0.25) is 0 Å². The van der Waals surface area contributed by atoms with E-state index in [2.05, 4.69) is 16.9 Å². The quantitative estimate of drug-likeness (QED) is 0.549. The van der Waals surface area contributed by atoms with E-state index in [1.54, 1.807) is 13.3 Å². The Hall–Kier alpha value is -1.03. The number of nitrogens with zero attached hydrogens (tertiary/aromatic N) is 2. The van der Waals surface area contributed by atoms with Gasteiger partial charge in [-0.3, -0.25) is 4.99 Å². The highest BCUT2D eigenvalue weighted by Crippen LogP contribution is 2.04. The van der Waals surface area contributed by atoms with Gasteiger partial charge in [-0.25, -0.2) is 4.98 Å². The largest absolute Gasteiger partial charge is 0.481 e. The van der Waals surface area contributed by atoms with Crippen LogP contribution < -0.4 is 4.74 Å². The van der Waals surface area contributed by atoms with Crippen LogP contribution in [0, 0.1) is 0 Å². The fourth-order valence-electron chi connectivity index (χ4n) is 1.04. The Balaban J connectivity index is 2.41. The van der Waals surface area contributed by atoms with Crippen molar-refractivity contribution in [2.45, 2.75) is 6.92 Å². The monoisotopic (exact) mass is 224 g/mol. The first-order valence-corrected chi connectivity index (χ1v) is 6.11. The molecule has 0 aliphatic rings. The smallest absolute Gasteiger partial charge is 0.213 e. The normalized spacial score (nSPS) is 10.8. The maximum absolute atomic E-state index is 5.02. The fraction of sp³-hybridized carbons (Fsp3) is 0.455. The number of ether oxygens (including phenoxy) is 1. The van der Waals surface area contributed by atoms with Gasteiger partial charge in [-0.15, -0.1) is 0 Å². The Morgan fingerprint density at radius 2 is 2.40 bits per heavy atom. The van der Waals surface area contributed by atoms with E-state index in [9.17, 15) is 0 Å². The van der Waals surface area contributed by atoms with Crippen LogP contribution in [-0.4, -0.2) is 36.4 Å². The molecule has 1 aromatic rings. The highest BCUT2D eigenvalue weighted by molar-refractivity contribution is 7.99. The molecule has 82 valence electrons. The van der Waals surface area contributed by atoms with Gasteiger partial charge < -0.3 is 4.74 Å². The number of hydrogen-bond acceptors (Lipinski definition) is 4. The van der Waals surface area contributed by atoms with E-state index in [-0.39, 0.29) is 0 Å². The van der Waals surface area contributed by atoms with Gasteiger partial charge in [0, 0.05) is 24.6 Å². The van der Waals surface area contributed by atoms with E-state index in [1.165, 1.54) is 0 Å². The fourth-order valence-corrected chi connectivity index (χ4v) is 1.56. The lowest BCUT2D eigenvalue weighted by Crippen LogP contribution is -1.93. The zero-order valence-corrected chi connectivity index (χ0v) is 9.96. The summed E-state index contributed by atoms with van der Waals surface area (Å²) in [5.74, 6) is 2.84. The van der Waals surface area contributed by atoms with Crippen molar-refractivity contribution in [3.8, 4) is 5.88 Å². The molecule has 0 N–H and O–H groups in total. The second-order valence-corrected chi connectivity index (χ2v) is 4.23. The molecule has 0 aliphatic heterocycles. The second-order valence-electron chi connectivity index (χ2n) is 2.84. The van der Waals surface area contributed by atoms with Crippen molar-refractivity contribution in [1.29, 1.82) is 0 Å². The molecule has 3 nitrogen and oxygen atoms in total. The Labute approximate surface area is 95.0 Å². The van der Waals surface area contributed by atoms with E-state index in [0.717, 1.165) is 23.7 Å². The molecule has 1 heterocycles. The van der Waals surface area contributed by atoms with Crippen molar-refractivity contribution >= 4 is 18.0 Å². The van der Waals surface area contributed by atoms with Crippen molar-refractivity contribution < 1.29 is 4.74 Å². The average molecular weight is 224 g/mol. The van der Waals surface area contributed by atoms with Crippen LogP contribution in [0.4, 0.5) is 0 Å². The summed E-state index contributed by atoms with van der Waals surface area (Å²) in [6.07, 6.45) is 1.79. The number of thioether (sulfide) groups is 1. The SMILES string of the molecule is CCSCCN=Cc1cccc(OC)n1. The summed E-state index contributed by atoms with van der Waals surface area (Å²) in [4.78, 5) is 8.52. The van der Waals surface area contributed by atoms with E-state index in [4.69, 9.17) is 4.74 Å². The number of rotatable bonds is 6. The van der Waals surface area contributed by atoms with Gasteiger partial charge in [0.15, 0.2) is 0 Å². The second kappa shape index (κ2) is 7.29. The minimum absolute atomic E-state index is 0.627. The molecular weight excluding hydrogens is 208 g/mol. The van der Waals surface area contributed by atoms with Crippen LogP contribution in [0.15, 0.2) is 23.2 Å². The van der Waals surface area contributed by atoms with E-state index >= 15 is 0 Å². The molecular formula is C11H16N2OS. The van der Waals surface area contributed by atoms with Crippen LogP contribution in [0.25, 0.3) is 0 Å². The van der Waals surface area contributed by atoms with Crippen molar-refractivity contribution in [1.82, 2.24) is 4.98 Å². The summed E-state index contributed by atoms with van der Waals surface area (Å²) in [7, 11) is 1.61. The van der Waals surface area contributed by atoms with Crippen LogP contribution >= 0.6 is 11.8 Å². The summed E-state index contributed by atoms with van der Waals surface area (Å²) in [6.45, 7) is 3.00. The Morgan fingerprint density at radius 3 is 3.13 bits per heavy atom. The topological polar surface area (TPSA) is 34.5 Å². The van der Waals surface area contributed by atoms with Crippen LogP contribution in [0.1, 0.15) is 12.6 Å². The molecule has 0 aromatic carbocycles. The molecule has 15 heavy (non-hydrogen) atoms. The molecule has 0 atom stereocenters. The highest BCUT2D eigenvalue weighted by atomic mass is 32.2. The van der Waals surface area contributed by atoms with Crippen molar-refractivity contribution in [3.63, 3.8) is 0 Å². The standard InChI is InChI=1S/C11H16N2OS/c1-3-15-8-7-12-9-10-5-4-6-11(13-10)14-2/h4-6,9H,3,7-8H2,1-2H3. The molecule has 0 unspecified atom stereocenters. The van der Waals surface area contributed by atoms with Crippen LogP contribution in [-0.2, 0) is 0 Å². The first-order chi connectivity index (χ1) is 7.36. The number of pyridine rings is 1. The summed E-state index contributed by atoms with van der Waals surface area (Å²) >= 11 is 1.89. The summed E-state index contributed by atoms with van der Waals surface area (Å²) in [6, 6.07) is 5.65. The zero-order valence-electron chi connectivity index (χ0n) is 9.14. The van der Waals surface area contributed by atoms with Gasteiger partial charge >= 0.3 is 0 Å². The van der Waals surface area contributed by atoms with Crippen LogP contribution in [0.5, 0.6) is 5.88 Å². The molecule has 0 spiro atoms. The third kappa shape index (κ3) is 4.83. The summed E-state index contributed by atoms with van der Waals surface area (Å²) in [5.41, 5.74) is 0.843. The van der Waals surface area contributed by atoms with Gasteiger partial charge in [0.25, 0.3) is 0 Å². The summed E-state index contributed by atoms with van der Waals surface area (Å²) in [5, 5.41) is 0. The number of aromatic nitrogens is 1. The predicted octanol–water partition coefficient (Wildman–Crippen LogP) is 2.26. The third-order valence-corrected chi connectivity index (χ3v) is 2.63. The Kier molecular flexibility index (Phi) is 5.85. The first-order valence-electron chi connectivity index (χ1n) is 4.95. The summed E-state index contributed by atoms with van der Waals surface area (Å²) < 4.78 is 5.02. The minimum Gasteiger partial charge on any atom is -0.481 e. The zero-order chi connectivity index (χ0) is 10.9. The predicted molar refractivity (Wildman–Crippen MR) is 66.2 cm³/mol. The molecule has 0 saturated carbocycles. The third-order valence-electron chi connectivity index (χ3n) is 1.75. The van der Waals surface area contributed by atoms with Gasteiger partial charge in [0.2, 0.25) is 5.88 Å². The van der Waals surface area contributed by atoms with Crippen molar-refractivity contribution in [3.05, 3.63) is 23.9 Å².